The standard InChI is InChI=1S/C15H16N2O2/c1-10(12-3-2-4-14(18)9-12)17-13-7-5-11(6-8-13)15(16)19/h2-10,17-18H,1H3,(H2,16,19). The summed E-state index contributed by atoms with van der Waals surface area (Å²) in [5.41, 5.74) is 7.54. The number of benzene rings is 2. The Morgan fingerprint density at radius 3 is 2.47 bits per heavy atom. The van der Waals surface area contributed by atoms with E-state index in [4.69, 9.17) is 5.73 Å². The highest BCUT2D eigenvalue weighted by Crippen LogP contribution is 2.22. The maximum absolute atomic E-state index is 11.0. The highest BCUT2D eigenvalue weighted by Gasteiger charge is 2.06. The number of phenolic OH excluding ortho intramolecular Hbond substituents is 1. The first-order chi connectivity index (χ1) is 9.06. The molecule has 0 heterocycles. The highest BCUT2D eigenvalue weighted by molar-refractivity contribution is 5.93. The molecule has 2 aromatic rings. The van der Waals surface area contributed by atoms with E-state index in [1.807, 2.05) is 13.0 Å². The van der Waals surface area contributed by atoms with E-state index in [1.165, 1.54) is 0 Å². The fourth-order valence-corrected chi connectivity index (χ4v) is 1.86. The van der Waals surface area contributed by atoms with Gasteiger partial charge in [-0.25, -0.2) is 0 Å². The summed E-state index contributed by atoms with van der Waals surface area (Å²) in [6.07, 6.45) is 0. The molecule has 0 bridgehead atoms. The summed E-state index contributed by atoms with van der Waals surface area (Å²) in [5.74, 6) is -0.192. The van der Waals surface area contributed by atoms with Crippen LogP contribution in [0, 0.1) is 0 Å². The van der Waals surface area contributed by atoms with Gasteiger partial charge in [-0.05, 0) is 48.9 Å². The van der Waals surface area contributed by atoms with Crippen molar-refractivity contribution in [3.8, 4) is 5.75 Å². The molecule has 4 heteroatoms. The van der Waals surface area contributed by atoms with Crippen molar-refractivity contribution in [2.24, 2.45) is 5.73 Å². The molecule has 0 radical (unpaired) electrons. The lowest BCUT2D eigenvalue weighted by Crippen LogP contribution is -2.11. The number of carbonyl (C=O) groups excluding carboxylic acids is 1. The Bertz CT molecular complexity index is 579. The predicted octanol–water partition coefficient (Wildman–Crippen LogP) is 2.66. The fraction of sp³-hybridized carbons (Fsp3) is 0.133. The van der Waals surface area contributed by atoms with Crippen LogP contribution in [0.25, 0.3) is 0 Å². The number of nitrogens with two attached hydrogens (primary N) is 1. The second kappa shape index (κ2) is 5.44. The second-order valence-corrected chi connectivity index (χ2v) is 4.40. The molecule has 0 saturated heterocycles. The van der Waals surface area contributed by atoms with Crippen LogP contribution in [0.3, 0.4) is 0 Å². The van der Waals surface area contributed by atoms with Crippen molar-refractivity contribution in [1.82, 2.24) is 0 Å². The summed E-state index contributed by atoms with van der Waals surface area (Å²) in [6, 6.07) is 14.1. The van der Waals surface area contributed by atoms with Crippen LogP contribution in [0.2, 0.25) is 0 Å². The number of primary amides is 1. The zero-order valence-corrected chi connectivity index (χ0v) is 10.6. The average molecular weight is 256 g/mol. The molecule has 4 N–H and O–H groups in total. The Kier molecular flexibility index (Phi) is 3.71. The number of anilines is 1. The van der Waals surface area contributed by atoms with E-state index in [0.717, 1.165) is 11.3 Å². The molecule has 98 valence electrons. The minimum atomic E-state index is -0.437. The van der Waals surface area contributed by atoms with Crippen LogP contribution in [0.15, 0.2) is 48.5 Å². The van der Waals surface area contributed by atoms with Gasteiger partial charge in [0.15, 0.2) is 0 Å². The largest absolute Gasteiger partial charge is 0.508 e. The molecule has 4 nitrogen and oxygen atoms in total. The molecule has 2 aromatic carbocycles. The number of aromatic hydroxyl groups is 1. The summed E-state index contributed by atoms with van der Waals surface area (Å²) < 4.78 is 0. The summed E-state index contributed by atoms with van der Waals surface area (Å²) in [7, 11) is 0. The Labute approximate surface area is 111 Å². The van der Waals surface area contributed by atoms with Crippen LogP contribution in [0.5, 0.6) is 5.75 Å². The van der Waals surface area contributed by atoms with E-state index in [0.29, 0.717) is 5.56 Å². The lowest BCUT2D eigenvalue weighted by Gasteiger charge is -2.16. The summed E-state index contributed by atoms with van der Waals surface area (Å²) in [6.45, 7) is 2.00. The molecule has 1 unspecified atom stereocenters. The van der Waals surface area contributed by atoms with E-state index in [1.54, 1.807) is 42.5 Å². The first-order valence-electron chi connectivity index (χ1n) is 6.01. The van der Waals surface area contributed by atoms with Gasteiger partial charge in [0, 0.05) is 17.3 Å². The second-order valence-electron chi connectivity index (χ2n) is 4.40. The maximum atomic E-state index is 11.0. The van der Waals surface area contributed by atoms with Crippen LogP contribution >= 0.6 is 0 Å². The van der Waals surface area contributed by atoms with Crippen molar-refractivity contribution in [3.05, 3.63) is 59.7 Å². The van der Waals surface area contributed by atoms with Gasteiger partial charge in [-0.2, -0.15) is 0 Å². The molecule has 0 saturated carbocycles. The lowest BCUT2D eigenvalue weighted by atomic mass is 10.1. The monoisotopic (exact) mass is 256 g/mol. The van der Waals surface area contributed by atoms with Gasteiger partial charge in [0.2, 0.25) is 5.91 Å². The molecule has 0 aliphatic carbocycles. The Hall–Kier alpha value is -2.49. The van der Waals surface area contributed by atoms with Crippen LogP contribution < -0.4 is 11.1 Å². The number of hydrogen-bond donors (Lipinski definition) is 3. The number of amides is 1. The van der Waals surface area contributed by atoms with Gasteiger partial charge in [-0.1, -0.05) is 12.1 Å². The van der Waals surface area contributed by atoms with E-state index in [-0.39, 0.29) is 11.8 Å². The predicted molar refractivity (Wildman–Crippen MR) is 75.1 cm³/mol. The number of phenols is 1. The van der Waals surface area contributed by atoms with E-state index in [2.05, 4.69) is 5.32 Å². The Balaban J connectivity index is 2.10. The van der Waals surface area contributed by atoms with Crippen LogP contribution in [-0.4, -0.2) is 11.0 Å². The number of carbonyl (C=O) groups is 1. The van der Waals surface area contributed by atoms with Gasteiger partial charge in [0.05, 0.1) is 0 Å². The van der Waals surface area contributed by atoms with Gasteiger partial charge in [-0.15, -0.1) is 0 Å². The average Bonchev–Trinajstić information content (AvgIpc) is 2.39. The van der Waals surface area contributed by atoms with Crippen molar-refractivity contribution >= 4 is 11.6 Å². The third-order valence-corrected chi connectivity index (χ3v) is 2.92. The molecule has 2 rings (SSSR count). The quantitative estimate of drug-likeness (QED) is 0.787. The van der Waals surface area contributed by atoms with Gasteiger partial charge < -0.3 is 16.2 Å². The number of hydrogen-bond acceptors (Lipinski definition) is 3. The van der Waals surface area contributed by atoms with E-state index >= 15 is 0 Å². The normalized spacial score (nSPS) is 11.8. The van der Waals surface area contributed by atoms with Crippen molar-refractivity contribution in [1.29, 1.82) is 0 Å². The van der Waals surface area contributed by atoms with Crippen molar-refractivity contribution in [2.75, 3.05) is 5.32 Å². The summed E-state index contributed by atoms with van der Waals surface area (Å²) >= 11 is 0. The molecule has 0 fully saturated rings. The smallest absolute Gasteiger partial charge is 0.248 e. The third kappa shape index (κ3) is 3.25. The van der Waals surface area contributed by atoms with Gasteiger partial charge in [-0.3, -0.25) is 4.79 Å². The van der Waals surface area contributed by atoms with Gasteiger partial charge in [0.25, 0.3) is 0 Å². The topological polar surface area (TPSA) is 75.3 Å². The molecular formula is C15H16N2O2. The molecular weight excluding hydrogens is 240 g/mol. The molecule has 0 aliphatic rings. The molecule has 1 atom stereocenters. The van der Waals surface area contributed by atoms with Crippen LogP contribution in [0.4, 0.5) is 5.69 Å². The Morgan fingerprint density at radius 2 is 1.89 bits per heavy atom. The molecule has 19 heavy (non-hydrogen) atoms. The number of nitrogens with one attached hydrogen (secondary N) is 1. The minimum absolute atomic E-state index is 0.0477. The van der Waals surface area contributed by atoms with Gasteiger partial charge in [0.1, 0.15) is 5.75 Å². The molecule has 0 aromatic heterocycles. The zero-order chi connectivity index (χ0) is 13.8. The molecule has 1 amide bonds. The maximum Gasteiger partial charge on any atom is 0.248 e. The van der Waals surface area contributed by atoms with E-state index in [9.17, 15) is 9.90 Å². The number of rotatable bonds is 4. The van der Waals surface area contributed by atoms with Crippen molar-refractivity contribution in [2.45, 2.75) is 13.0 Å². The third-order valence-electron chi connectivity index (χ3n) is 2.92. The fourth-order valence-electron chi connectivity index (χ4n) is 1.86. The zero-order valence-electron chi connectivity index (χ0n) is 10.6. The summed E-state index contributed by atoms with van der Waals surface area (Å²) in [4.78, 5) is 11.0. The minimum Gasteiger partial charge on any atom is -0.508 e. The Morgan fingerprint density at radius 1 is 1.21 bits per heavy atom. The first kappa shape index (κ1) is 13.0. The van der Waals surface area contributed by atoms with E-state index < -0.39 is 5.91 Å². The summed E-state index contributed by atoms with van der Waals surface area (Å²) in [5, 5.41) is 12.7. The van der Waals surface area contributed by atoms with Crippen LogP contribution in [0.1, 0.15) is 28.9 Å². The molecule has 0 aliphatic heterocycles. The first-order valence-corrected chi connectivity index (χ1v) is 6.01. The van der Waals surface area contributed by atoms with Crippen LogP contribution in [-0.2, 0) is 0 Å². The lowest BCUT2D eigenvalue weighted by molar-refractivity contribution is 0.100. The van der Waals surface area contributed by atoms with Crippen molar-refractivity contribution < 1.29 is 9.90 Å². The van der Waals surface area contributed by atoms with Crippen molar-refractivity contribution in [3.63, 3.8) is 0 Å². The molecule has 0 spiro atoms. The SMILES string of the molecule is CC(Nc1ccc(C(N)=O)cc1)c1cccc(O)c1. The van der Waals surface area contributed by atoms with Gasteiger partial charge >= 0.3 is 0 Å². The highest BCUT2D eigenvalue weighted by atomic mass is 16.3.